The van der Waals surface area contributed by atoms with Crippen LogP contribution in [0.5, 0.6) is 0 Å². The topological polar surface area (TPSA) is 92.4 Å². The maximum atomic E-state index is 11.9. The van der Waals surface area contributed by atoms with E-state index in [1.807, 2.05) is 0 Å². The van der Waals surface area contributed by atoms with Crippen molar-refractivity contribution in [3.8, 4) is 0 Å². The number of benzene rings is 1. The molecule has 1 aromatic rings. The van der Waals surface area contributed by atoms with Gasteiger partial charge in [0.25, 0.3) is 0 Å². The van der Waals surface area contributed by atoms with Crippen LogP contribution in [0.4, 0.5) is 5.69 Å². The summed E-state index contributed by atoms with van der Waals surface area (Å²) in [4.78, 5) is 0.0281. The van der Waals surface area contributed by atoms with Gasteiger partial charge in [-0.3, -0.25) is 0 Å². The molecule has 0 radical (unpaired) electrons. The van der Waals surface area contributed by atoms with E-state index in [9.17, 15) is 13.5 Å². The molecule has 102 valence electrons. The molecule has 0 amide bonds. The Balaban J connectivity index is 2.83. The van der Waals surface area contributed by atoms with Gasteiger partial charge in [0.2, 0.25) is 10.0 Å². The van der Waals surface area contributed by atoms with E-state index in [4.69, 9.17) is 17.3 Å². The van der Waals surface area contributed by atoms with Gasteiger partial charge in [0, 0.05) is 6.54 Å². The lowest BCUT2D eigenvalue weighted by Crippen LogP contribution is -2.34. The maximum absolute atomic E-state index is 11.9. The Kier molecular flexibility index (Phi) is 4.98. The van der Waals surface area contributed by atoms with Gasteiger partial charge < -0.3 is 10.8 Å². The fourth-order valence-electron chi connectivity index (χ4n) is 1.20. The van der Waals surface area contributed by atoms with Gasteiger partial charge in [-0.25, -0.2) is 13.1 Å². The highest BCUT2D eigenvalue weighted by atomic mass is 35.5. The van der Waals surface area contributed by atoms with E-state index in [0.717, 1.165) is 0 Å². The number of sulfonamides is 1. The van der Waals surface area contributed by atoms with E-state index in [-0.39, 0.29) is 23.0 Å². The molecule has 0 aromatic heterocycles. The van der Waals surface area contributed by atoms with Crippen LogP contribution in [-0.4, -0.2) is 26.2 Å². The number of nitrogen functional groups attached to an aromatic ring is 1. The van der Waals surface area contributed by atoms with Crippen molar-refractivity contribution in [3.05, 3.63) is 23.2 Å². The van der Waals surface area contributed by atoms with E-state index >= 15 is 0 Å². The lowest BCUT2D eigenvalue weighted by atomic mass is 10.1. The number of rotatable bonds is 5. The number of nitrogens with two attached hydrogens (primary N) is 1. The molecule has 5 nitrogen and oxygen atoms in total. The van der Waals surface area contributed by atoms with Crippen LogP contribution in [0.1, 0.15) is 13.8 Å². The molecule has 4 N–H and O–H groups in total. The van der Waals surface area contributed by atoms with Crippen molar-refractivity contribution in [3.63, 3.8) is 0 Å². The number of aliphatic hydroxyl groups is 1. The van der Waals surface area contributed by atoms with Crippen LogP contribution in [0.3, 0.4) is 0 Å². The van der Waals surface area contributed by atoms with Gasteiger partial charge in [-0.1, -0.05) is 25.4 Å². The molecule has 0 aliphatic heterocycles. The molecule has 0 heterocycles. The number of hydrogen-bond acceptors (Lipinski definition) is 4. The molecule has 0 saturated heterocycles. The molecular formula is C11H17ClN2O3S. The molecule has 1 atom stereocenters. The largest absolute Gasteiger partial charge is 0.397 e. The second-order valence-electron chi connectivity index (χ2n) is 4.35. The number of halogens is 1. The maximum Gasteiger partial charge on any atom is 0.240 e. The first-order valence-electron chi connectivity index (χ1n) is 5.47. The number of nitrogens with one attached hydrogen (secondary N) is 1. The third kappa shape index (κ3) is 3.84. The molecule has 0 spiro atoms. The highest BCUT2D eigenvalue weighted by molar-refractivity contribution is 7.89. The highest BCUT2D eigenvalue weighted by Crippen LogP contribution is 2.22. The van der Waals surface area contributed by atoms with Gasteiger partial charge in [0.1, 0.15) is 0 Å². The zero-order valence-electron chi connectivity index (χ0n) is 10.2. The van der Waals surface area contributed by atoms with Gasteiger partial charge in [-0.15, -0.1) is 0 Å². The summed E-state index contributed by atoms with van der Waals surface area (Å²) < 4.78 is 26.1. The number of hydrogen-bond donors (Lipinski definition) is 3. The third-order valence-corrected chi connectivity index (χ3v) is 4.30. The van der Waals surface area contributed by atoms with Crippen LogP contribution in [0.15, 0.2) is 23.1 Å². The van der Waals surface area contributed by atoms with Crippen LogP contribution in [0.25, 0.3) is 0 Å². The summed E-state index contributed by atoms with van der Waals surface area (Å²) >= 11 is 5.72. The van der Waals surface area contributed by atoms with Gasteiger partial charge in [0.05, 0.1) is 21.7 Å². The van der Waals surface area contributed by atoms with Crippen molar-refractivity contribution < 1.29 is 13.5 Å². The molecule has 0 saturated carbocycles. The summed E-state index contributed by atoms with van der Waals surface area (Å²) in [6, 6.07) is 4.07. The summed E-state index contributed by atoms with van der Waals surface area (Å²) in [6.45, 7) is 3.57. The van der Waals surface area contributed by atoms with E-state index < -0.39 is 16.1 Å². The molecule has 0 aliphatic carbocycles. The van der Waals surface area contributed by atoms with Gasteiger partial charge in [0.15, 0.2) is 0 Å². The van der Waals surface area contributed by atoms with Gasteiger partial charge in [-0.2, -0.15) is 0 Å². The minimum atomic E-state index is -3.68. The first kappa shape index (κ1) is 15.2. The fourth-order valence-corrected chi connectivity index (χ4v) is 2.41. The van der Waals surface area contributed by atoms with E-state index in [0.29, 0.717) is 5.02 Å². The smallest absolute Gasteiger partial charge is 0.240 e. The normalized spacial score (nSPS) is 13.8. The van der Waals surface area contributed by atoms with Crippen LogP contribution in [0, 0.1) is 5.92 Å². The van der Waals surface area contributed by atoms with E-state index in [1.54, 1.807) is 13.8 Å². The van der Waals surface area contributed by atoms with Crippen molar-refractivity contribution in [2.75, 3.05) is 12.3 Å². The number of aliphatic hydroxyl groups excluding tert-OH is 1. The molecule has 1 aromatic carbocycles. The first-order chi connectivity index (χ1) is 8.24. The minimum absolute atomic E-state index is 0.0250. The fraction of sp³-hybridized carbons (Fsp3) is 0.455. The van der Waals surface area contributed by atoms with E-state index in [1.165, 1.54) is 18.2 Å². The summed E-state index contributed by atoms with van der Waals surface area (Å²) in [5.74, 6) is -0.0250. The second-order valence-corrected chi connectivity index (χ2v) is 6.52. The Morgan fingerprint density at radius 1 is 1.44 bits per heavy atom. The predicted molar refractivity (Wildman–Crippen MR) is 71.9 cm³/mol. The van der Waals surface area contributed by atoms with Crippen LogP contribution in [0.2, 0.25) is 5.02 Å². The Labute approximate surface area is 112 Å². The van der Waals surface area contributed by atoms with Crippen LogP contribution in [-0.2, 0) is 10.0 Å². The Bertz CT molecular complexity index is 517. The van der Waals surface area contributed by atoms with E-state index in [2.05, 4.69) is 4.72 Å². The zero-order valence-corrected chi connectivity index (χ0v) is 11.8. The predicted octanol–water partition coefficient (Wildman–Crippen LogP) is 1.22. The average molecular weight is 293 g/mol. The lowest BCUT2D eigenvalue weighted by molar-refractivity contribution is 0.129. The molecule has 18 heavy (non-hydrogen) atoms. The minimum Gasteiger partial charge on any atom is -0.397 e. The average Bonchev–Trinajstić information content (AvgIpc) is 2.29. The zero-order chi connectivity index (χ0) is 13.9. The lowest BCUT2D eigenvalue weighted by Gasteiger charge is -2.15. The summed E-state index contributed by atoms with van der Waals surface area (Å²) in [7, 11) is -3.68. The van der Waals surface area contributed by atoms with Gasteiger partial charge >= 0.3 is 0 Å². The highest BCUT2D eigenvalue weighted by Gasteiger charge is 2.18. The van der Waals surface area contributed by atoms with Crippen molar-refractivity contribution >= 4 is 27.3 Å². The number of anilines is 1. The molecule has 1 unspecified atom stereocenters. The van der Waals surface area contributed by atoms with Crippen molar-refractivity contribution in [2.45, 2.75) is 24.8 Å². The van der Waals surface area contributed by atoms with Crippen LogP contribution < -0.4 is 10.5 Å². The molecular weight excluding hydrogens is 276 g/mol. The summed E-state index contributed by atoms with van der Waals surface area (Å²) in [5.41, 5.74) is 5.75. The van der Waals surface area contributed by atoms with Crippen LogP contribution >= 0.6 is 11.6 Å². The first-order valence-corrected chi connectivity index (χ1v) is 7.33. The monoisotopic (exact) mass is 292 g/mol. The molecule has 0 aliphatic rings. The standard InChI is InChI=1S/C11H17ClN2O3S/c1-7(2)11(15)6-14-18(16,17)8-3-4-9(12)10(13)5-8/h3-5,7,11,14-15H,6,13H2,1-2H3. The SMILES string of the molecule is CC(C)C(O)CNS(=O)(=O)c1ccc(Cl)c(N)c1. The summed E-state index contributed by atoms with van der Waals surface area (Å²) in [5, 5.41) is 9.86. The Hall–Kier alpha value is -0.820. The molecule has 7 heteroatoms. The second kappa shape index (κ2) is 5.88. The third-order valence-electron chi connectivity index (χ3n) is 2.53. The molecule has 0 bridgehead atoms. The summed E-state index contributed by atoms with van der Waals surface area (Å²) in [6.07, 6.45) is -0.732. The quantitative estimate of drug-likeness (QED) is 0.712. The molecule has 0 fully saturated rings. The van der Waals surface area contributed by atoms with Crippen molar-refractivity contribution in [2.24, 2.45) is 5.92 Å². The van der Waals surface area contributed by atoms with Crippen molar-refractivity contribution in [1.82, 2.24) is 4.72 Å². The van der Waals surface area contributed by atoms with Crippen molar-refractivity contribution in [1.29, 1.82) is 0 Å². The molecule has 1 rings (SSSR count). The van der Waals surface area contributed by atoms with Gasteiger partial charge in [-0.05, 0) is 24.1 Å². The Morgan fingerprint density at radius 2 is 2.06 bits per heavy atom. The Morgan fingerprint density at radius 3 is 2.56 bits per heavy atom.